The van der Waals surface area contributed by atoms with Gasteiger partial charge in [-0.1, -0.05) is 207 Å². The third kappa shape index (κ3) is 7.78. The normalized spacial score (nSPS) is 12.0. The van der Waals surface area contributed by atoms with Gasteiger partial charge >= 0.3 is 0 Å². The first-order valence-electron chi connectivity index (χ1n) is 25.4. The Hall–Kier alpha value is -9.19. The van der Waals surface area contributed by atoms with E-state index in [9.17, 15) is 0 Å². The van der Waals surface area contributed by atoms with Crippen LogP contribution in [-0.4, -0.2) is 24.1 Å². The van der Waals surface area contributed by atoms with Crippen molar-refractivity contribution in [2.75, 3.05) is 0 Å². The van der Waals surface area contributed by atoms with Crippen LogP contribution in [0.2, 0.25) is 0 Å². The summed E-state index contributed by atoms with van der Waals surface area (Å²) in [6, 6.07) is 87.3. The van der Waals surface area contributed by atoms with Gasteiger partial charge in [0.25, 0.3) is 0 Å². The van der Waals surface area contributed by atoms with Gasteiger partial charge in [0.1, 0.15) is 5.82 Å². The fraction of sp³-hybridized carbons (Fsp3) is 0.0735. The fourth-order valence-electron chi connectivity index (χ4n) is 11.3. The summed E-state index contributed by atoms with van der Waals surface area (Å²) >= 11 is 0. The third-order valence-electron chi connectivity index (χ3n) is 14.7. The highest BCUT2D eigenvalue weighted by atomic mass is 15.0. The largest absolute Gasteiger partial charge is 0.309 e. The summed E-state index contributed by atoms with van der Waals surface area (Å²) in [7, 11) is 0. The molecule has 0 radical (unpaired) electrons. The van der Waals surface area contributed by atoms with Crippen LogP contribution in [0.15, 0.2) is 243 Å². The molecule has 0 amide bonds. The lowest BCUT2D eigenvalue weighted by Gasteiger charge is -2.27. The van der Waals surface area contributed by atoms with E-state index in [2.05, 4.69) is 260 Å². The Balaban J connectivity index is 1.13. The predicted molar refractivity (Wildman–Crippen MR) is 304 cm³/mol. The Morgan fingerprint density at radius 2 is 0.877 bits per heavy atom. The van der Waals surface area contributed by atoms with E-state index in [4.69, 9.17) is 15.0 Å². The summed E-state index contributed by atoms with van der Waals surface area (Å²) < 4.78 is 5.06. The molecule has 0 bridgehead atoms. The minimum Gasteiger partial charge on any atom is -0.309 e. The van der Waals surface area contributed by atoms with Crippen LogP contribution in [0, 0.1) is 6.92 Å². The number of rotatable bonds is 11. The van der Waals surface area contributed by atoms with Gasteiger partial charge in [-0.2, -0.15) is 0 Å². The van der Waals surface area contributed by atoms with Crippen molar-refractivity contribution in [3.63, 3.8) is 0 Å². The van der Waals surface area contributed by atoms with E-state index in [-0.39, 0.29) is 5.92 Å². The summed E-state index contributed by atoms with van der Waals surface area (Å²) in [5, 5.41) is 4.85. The molecule has 348 valence electrons. The number of fused-ring (bicyclic) bond motifs is 6. The zero-order chi connectivity index (χ0) is 48.8. The average Bonchev–Trinajstić information content (AvgIpc) is 3.98. The van der Waals surface area contributed by atoms with E-state index < -0.39 is 0 Å². The van der Waals surface area contributed by atoms with Crippen molar-refractivity contribution < 1.29 is 0 Å². The van der Waals surface area contributed by atoms with Gasteiger partial charge < -0.3 is 9.13 Å². The summed E-state index contributed by atoms with van der Waals surface area (Å²) in [5.41, 5.74) is 18.3. The van der Waals surface area contributed by atoms with Gasteiger partial charge in [0.05, 0.1) is 27.8 Å². The number of benzene rings is 10. The van der Waals surface area contributed by atoms with Gasteiger partial charge in [-0.05, 0) is 101 Å². The van der Waals surface area contributed by atoms with E-state index in [1.165, 1.54) is 71.5 Å². The van der Waals surface area contributed by atoms with Crippen molar-refractivity contribution in [1.82, 2.24) is 24.1 Å². The van der Waals surface area contributed by atoms with Gasteiger partial charge in [0, 0.05) is 50.3 Å². The van der Waals surface area contributed by atoms with Crippen LogP contribution in [0.25, 0.3) is 111 Å². The van der Waals surface area contributed by atoms with Crippen molar-refractivity contribution >= 4 is 43.6 Å². The van der Waals surface area contributed by atoms with Gasteiger partial charge in [-0.25, -0.2) is 15.0 Å². The average molecular weight is 938 g/mol. The second-order valence-electron chi connectivity index (χ2n) is 19.1. The maximum Gasteiger partial charge on any atom is 0.163 e. The molecule has 0 fully saturated rings. The van der Waals surface area contributed by atoms with Crippen LogP contribution >= 0.6 is 0 Å². The highest BCUT2D eigenvalue weighted by Crippen LogP contribution is 2.49. The standard InChI is InChI=1S/C68H51N5/c1-3-46(43-63-69-67(49-28-11-6-12-29-49)71-68(70-63)52-32-21-30-50(41-52)47-24-7-4-8-25-47)64-65(54-34-14-13-23-45(54)2)62(73-60-39-19-15-35-55(60)56-36-16-20-40-61(56)73)44-58-57-37-17-18-38-59(57)72(66(58)64)53-33-22-31-51(42-53)48-26-9-5-10-27-48/h4-42,44,46H,3,43H2,1-2H3. The molecule has 0 aliphatic rings. The Labute approximate surface area is 425 Å². The quantitative estimate of drug-likeness (QED) is 0.130. The van der Waals surface area contributed by atoms with Crippen molar-refractivity contribution in [2.45, 2.75) is 32.6 Å². The summed E-state index contributed by atoms with van der Waals surface area (Å²) in [5.74, 6) is 2.02. The molecular weight excluding hydrogens is 887 g/mol. The van der Waals surface area contributed by atoms with Crippen LogP contribution in [0.5, 0.6) is 0 Å². The first-order valence-corrected chi connectivity index (χ1v) is 25.4. The second-order valence-corrected chi connectivity index (χ2v) is 19.1. The maximum absolute atomic E-state index is 5.47. The maximum atomic E-state index is 5.47. The smallest absolute Gasteiger partial charge is 0.163 e. The van der Waals surface area contributed by atoms with E-state index in [0.717, 1.165) is 51.4 Å². The lowest BCUT2D eigenvalue weighted by Crippen LogP contribution is -2.13. The minimum atomic E-state index is -0.0555. The summed E-state index contributed by atoms with van der Waals surface area (Å²) in [4.78, 5) is 16.1. The monoisotopic (exact) mass is 937 g/mol. The topological polar surface area (TPSA) is 48.5 Å². The first-order chi connectivity index (χ1) is 36.1. The number of nitrogens with zero attached hydrogens (tertiary/aromatic N) is 5. The Morgan fingerprint density at radius 3 is 1.49 bits per heavy atom. The summed E-state index contributed by atoms with van der Waals surface area (Å²) in [6.45, 7) is 4.59. The molecule has 5 heteroatoms. The SMILES string of the molecule is CCC(Cc1nc(-c2ccccc2)nc(-c2cccc(-c3ccccc3)c2)n1)c1c(-c2ccccc2C)c(-n2c3ccccc3c3ccccc32)cc2c3ccccc3n(-c3cccc(-c4ccccc4)c3)c12. The second kappa shape index (κ2) is 18.5. The van der Waals surface area contributed by atoms with Crippen molar-refractivity contribution in [3.05, 3.63) is 260 Å². The molecular formula is C68H51N5. The van der Waals surface area contributed by atoms with Gasteiger partial charge in [-0.15, -0.1) is 0 Å². The van der Waals surface area contributed by atoms with Crippen LogP contribution in [-0.2, 0) is 6.42 Å². The Bertz CT molecular complexity index is 4120. The van der Waals surface area contributed by atoms with Crippen molar-refractivity contribution in [2.24, 2.45) is 0 Å². The molecule has 1 unspecified atom stereocenters. The molecule has 10 aromatic carbocycles. The third-order valence-corrected chi connectivity index (χ3v) is 14.7. The minimum absolute atomic E-state index is 0.0555. The molecule has 0 saturated carbocycles. The highest BCUT2D eigenvalue weighted by molar-refractivity contribution is 6.15. The molecule has 0 spiro atoms. The predicted octanol–water partition coefficient (Wildman–Crippen LogP) is 17.4. The van der Waals surface area contributed by atoms with E-state index in [1.807, 2.05) is 6.07 Å². The molecule has 0 N–H and O–H groups in total. The van der Waals surface area contributed by atoms with Gasteiger partial charge in [-0.3, -0.25) is 0 Å². The molecule has 1 atom stereocenters. The fourth-order valence-corrected chi connectivity index (χ4v) is 11.3. The number of para-hydroxylation sites is 3. The van der Waals surface area contributed by atoms with Crippen LogP contribution in [0.4, 0.5) is 0 Å². The Kier molecular flexibility index (Phi) is 11.1. The van der Waals surface area contributed by atoms with Crippen molar-refractivity contribution in [3.8, 4) is 67.5 Å². The number of aryl methyl sites for hydroxylation is 1. The van der Waals surface area contributed by atoms with Gasteiger partial charge in [0.2, 0.25) is 0 Å². The molecule has 0 saturated heterocycles. The van der Waals surface area contributed by atoms with Crippen molar-refractivity contribution in [1.29, 1.82) is 0 Å². The highest BCUT2D eigenvalue weighted by Gasteiger charge is 2.30. The van der Waals surface area contributed by atoms with Crippen LogP contribution < -0.4 is 0 Å². The molecule has 0 aliphatic carbocycles. The van der Waals surface area contributed by atoms with E-state index in [1.54, 1.807) is 0 Å². The van der Waals surface area contributed by atoms with Crippen LogP contribution in [0.1, 0.15) is 36.2 Å². The number of hydrogen-bond acceptors (Lipinski definition) is 3. The molecule has 13 aromatic rings. The first kappa shape index (κ1) is 43.8. The zero-order valence-corrected chi connectivity index (χ0v) is 40.8. The Morgan fingerprint density at radius 1 is 0.397 bits per heavy atom. The lowest BCUT2D eigenvalue weighted by molar-refractivity contribution is 0.638. The number of hydrogen-bond donors (Lipinski definition) is 0. The summed E-state index contributed by atoms with van der Waals surface area (Å²) in [6.07, 6.45) is 1.39. The molecule has 5 nitrogen and oxygen atoms in total. The molecule has 73 heavy (non-hydrogen) atoms. The zero-order valence-electron chi connectivity index (χ0n) is 40.8. The van der Waals surface area contributed by atoms with E-state index in [0.29, 0.717) is 18.1 Å². The molecule has 3 heterocycles. The van der Waals surface area contributed by atoms with E-state index >= 15 is 0 Å². The molecule has 0 aliphatic heterocycles. The molecule has 13 rings (SSSR count). The van der Waals surface area contributed by atoms with Crippen LogP contribution in [0.3, 0.4) is 0 Å². The number of aromatic nitrogens is 5. The molecule has 3 aromatic heterocycles. The lowest BCUT2D eigenvalue weighted by atomic mass is 9.82. The van der Waals surface area contributed by atoms with Gasteiger partial charge in [0.15, 0.2) is 11.6 Å².